The zero-order valence-electron chi connectivity index (χ0n) is 12.4. The van der Waals surface area contributed by atoms with Crippen LogP contribution in [0.2, 0.25) is 0 Å². The number of hydrogen-bond donors (Lipinski definition) is 2. The Kier molecular flexibility index (Phi) is 5.95. The van der Waals surface area contributed by atoms with Crippen molar-refractivity contribution in [3.63, 3.8) is 0 Å². The van der Waals surface area contributed by atoms with Gasteiger partial charge in [0.05, 0.1) is 18.9 Å². The molecule has 1 heterocycles. The SMILES string of the molecule is COc1ccc(C(C)=NNC(=S)NCC2CCCO2)cc1. The van der Waals surface area contributed by atoms with E-state index >= 15 is 0 Å². The van der Waals surface area contributed by atoms with Crippen molar-refractivity contribution in [2.45, 2.75) is 25.9 Å². The number of hydrogen-bond acceptors (Lipinski definition) is 4. The van der Waals surface area contributed by atoms with E-state index in [2.05, 4.69) is 15.8 Å². The molecule has 0 spiro atoms. The van der Waals surface area contributed by atoms with E-state index in [1.807, 2.05) is 31.2 Å². The van der Waals surface area contributed by atoms with E-state index in [1.54, 1.807) is 7.11 Å². The minimum Gasteiger partial charge on any atom is -0.497 e. The van der Waals surface area contributed by atoms with E-state index in [-0.39, 0.29) is 6.10 Å². The van der Waals surface area contributed by atoms with Crippen LogP contribution in [0.3, 0.4) is 0 Å². The summed E-state index contributed by atoms with van der Waals surface area (Å²) in [5, 5.41) is 7.91. The maximum atomic E-state index is 5.52. The summed E-state index contributed by atoms with van der Waals surface area (Å²) < 4.78 is 10.7. The molecule has 1 aliphatic rings. The molecule has 6 heteroatoms. The molecule has 114 valence electrons. The number of thiocarbonyl (C=S) groups is 1. The number of methoxy groups -OCH3 is 1. The first kappa shape index (κ1) is 15.7. The van der Waals surface area contributed by atoms with E-state index in [0.29, 0.717) is 5.11 Å². The fourth-order valence-electron chi connectivity index (χ4n) is 2.08. The monoisotopic (exact) mass is 307 g/mol. The van der Waals surface area contributed by atoms with Gasteiger partial charge < -0.3 is 14.8 Å². The second-order valence-corrected chi connectivity index (χ2v) is 5.29. The van der Waals surface area contributed by atoms with Gasteiger partial charge in [-0.1, -0.05) is 0 Å². The first-order valence-corrected chi connectivity index (χ1v) is 7.44. The van der Waals surface area contributed by atoms with Crippen LogP contribution in [-0.2, 0) is 4.74 Å². The molecule has 21 heavy (non-hydrogen) atoms. The van der Waals surface area contributed by atoms with E-state index in [1.165, 1.54) is 0 Å². The minimum absolute atomic E-state index is 0.261. The van der Waals surface area contributed by atoms with Crippen LogP contribution in [0.25, 0.3) is 0 Å². The van der Waals surface area contributed by atoms with E-state index < -0.39 is 0 Å². The molecule has 1 aromatic rings. The van der Waals surface area contributed by atoms with E-state index in [9.17, 15) is 0 Å². The molecular formula is C15H21N3O2S. The van der Waals surface area contributed by atoms with Gasteiger partial charge in [0.2, 0.25) is 0 Å². The fourth-order valence-corrected chi connectivity index (χ4v) is 2.21. The highest BCUT2D eigenvalue weighted by atomic mass is 32.1. The second-order valence-electron chi connectivity index (χ2n) is 4.88. The molecule has 1 unspecified atom stereocenters. The van der Waals surface area contributed by atoms with Gasteiger partial charge in [0.25, 0.3) is 0 Å². The van der Waals surface area contributed by atoms with Crippen LogP contribution >= 0.6 is 12.2 Å². The molecule has 1 atom stereocenters. The summed E-state index contributed by atoms with van der Waals surface area (Å²) in [4.78, 5) is 0. The van der Waals surface area contributed by atoms with Crippen LogP contribution in [0.1, 0.15) is 25.3 Å². The van der Waals surface area contributed by atoms with Crippen molar-refractivity contribution >= 4 is 23.0 Å². The van der Waals surface area contributed by atoms with Gasteiger partial charge in [-0.2, -0.15) is 5.10 Å². The van der Waals surface area contributed by atoms with Crippen LogP contribution in [0.4, 0.5) is 0 Å². The Morgan fingerprint density at radius 3 is 2.81 bits per heavy atom. The number of ether oxygens (including phenoxy) is 2. The first-order valence-electron chi connectivity index (χ1n) is 7.03. The van der Waals surface area contributed by atoms with Crippen LogP contribution in [0.15, 0.2) is 29.4 Å². The van der Waals surface area contributed by atoms with Crippen LogP contribution in [0, 0.1) is 0 Å². The highest BCUT2D eigenvalue weighted by Crippen LogP contribution is 2.12. The average molecular weight is 307 g/mol. The normalized spacial score (nSPS) is 18.4. The summed E-state index contributed by atoms with van der Waals surface area (Å²) >= 11 is 5.19. The lowest BCUT2D eigenvalue weighted by Gasteiger charge is -2.12. The highest BCUT2D eigenvalue weighted by Gasteiger charge is 2.15. The van der Waals surface area contributed by atoms with Crippen molar-refractivity contribution in [1.82, 2.24) is 10.7 Å². The second kappa shape index (κ2) is 7.95. The summed E-state index contributed by atoms with van der Waals surface area (Å²) in [6, 6.07) is 7.73. The van der Waals surface area contributed by atoms with Gasteiger partial charge in [0, 0.05) is 13.2 Å². The number of benzene rings is 1. The van der Waals surface area contributed by atoms with Crippen molar-refractivity contribution in [2.24, 2.45) is 5.10 Å². The van der Waals surface area contributed by atoms with Crippen molar-refractivity contribution in [3.8, 4) is 5.75 Å². The summed E-state index contributed by atoms with van der Waals surface area (Å²) in [6.07, 6.45) is 2.47. The molecule has 0 saturated carbocycles. The molecular weight excluding hydrogens is 286 g/mol. The maximum absolute atomic E-state index is 5.52. The molecule has 2 rings (SSSR count). The van der Waals surface area contributed by atoms with Crippen LogP contribution in [0.5, 0.6) is 5.75 Å². The van der Waals surface area contributed by atoms with Crippen molar-refractivity contribution in [3.05, 3.63) is 29.8 Å². The van der Waals surface area contributed by atoms with E-state index in [0.717, 1.165) is 43.0 Å². The molecule has 0 amide bonds. The van der Waals surface area contributed by atoms with Gasteiger partial charge in [-0.25, -0.2) is 0 Å². The zero-order valence-corrected chi connectivity index (χ0v) is 13.2. The quantitative estimate of drug-likeness (QED) is 0.495. The number of hydrazone groups is 1. The Balaban J connectivity index is 1.79. The zero-order chi connectivity index (χ0) is 15.1. The first-order chi connectivity index (χ1) is 10.2. The summed E-state index contributed by atoms with van der Waals surface area (Å²) in [5.41, 5.74) is 4.73. The van der Waals surface area contributed by atoms with Gasteiger partial charge in [-0.15, -0.1) is 0 Å². The fraction of sp³-hybridized carbons (Fsp3) is 0.467. The Morgan fingerprint density at radius 2 is 2.19 bits per heavy atom. The Morgan fingerprint density at radius 1 is 1.43 bits per heavy atom. The van der Waals surface area contributed by atoms with Gasteiger partial charge in [0.1, 0.15) is 5.75 Å². The molecule has 1 fully saturated rings. The van der Waals surface area contributed by atoms with Crippen LogP contribution < -0.4 is 15.5 Å². The van der Waals surface area contributed by atoms with Crippen LogP contribution in [-0.4, -0.2) is 37.2 Å². The van der Waals surface area contributed by atoms with Gasteiger partial charge in [0.15, 0.2) is 5.11 Å². The van der Waals surface area contributed by atoms with Gasteiger partial charge in [-0.3, -0.25) is 5.43 Å². The van der Waals surface area contributed by atoms with Crippen molar-refractivity contribution in [1.29, 1.82) is 0 Å². The summed E-state index contributed by atoms with van der Waals surface area (Å²) in [6.45, 7) is 3.50. The van der Waals surface area contributed by atoms with E-state index in [4.69, 9.17) is 21.7 Å². The summed E-state index contributed by atoms with van der Waals surface area (Å²) in [7, 11) is 1.65. The molecule has 1 saturated heterocycles. The Hall–Kier alpha value is -1.66. The molecule has 0 radical (unpaired) electrons. The lowest BCUT2D eigenvalue weighted by atomic mass is 10.1. The molecule has 2 N–H and O–H groups in total. The van der Waals surface area contributed by atoms with Gasteiger partial charge in [-0.05, 0) is 61.8 Å². The third kappa shape index (κ3) is 4.99. The largest absolute Gasteiger partial charge is 0.497 e. The Bertz CT molecular complexity index is 496. The number of nitrogens with one attached hydrogen (secondary N) is 2. The standard InChI is InChI=1S/C15H21N3O2S/c1-11(12-5-7-13(19-2)8-6-12)17-18-15(21)16-10-14-4-3-9-20-14/h5-8,14H,3-4,9-10H2,1-2H3,(H2,16,18,21). The number of rotatable bonds is 5. The lowest BCUT2D eigenvalue weighted by Crippen LogP contribution is -2.37. The molecule has 0 aliphatic carbocycles. The minimum atomic E-state index is 0.261. The highest BCUT2D eigenvalue weighted by molar-refractivity contribution is 7.80. The number of nitrogens with zero attached hydrogens (tertiary/aromatic N) is 1. The molecule has 1 aromatic carbocycles. The van der Waals surface area contributed by atoms with Crippen molar-refractivity contribution < 1.29 is 9.47 Å². The topological polar surface area (TPSA) is 54.9 Å². The van der Waals surface area contributed by atoms with Gasteiger partial charge >= 0.3 is 0 Å². The predicted molar refractivity (Wildman–Crippen MR) is 87.9 cm³/mol. The molecule has 0 aromatic heterocycles. The lowest BCUT2D eigenvalue weighted by molar-refractivity contribution is 0.114. The Labute approximate surface area is 130 Å². The third-order valence-corrected chi connectivity index (χ3v) is 3.58. The molecule has 5 nitrogen and oxygen atoms in total. The summed E-state index contributed by atoms with van der Waals surface area (Å²) in [5.74, 6) is 0.827. The smallest absolute Gasteiger partial charge is 0.187 e. The average Bonchev–Trinajstić information content (AvgIpc) is 3.04. The third-order valence-electron chi connectivity index (χ3n) is 3.35. The maximum Gasteiger partial charge on any atom is 0.187 e. The van der Waals surface area contributed by atoms with Crippen molar-refractivity contribution in [2.75, 3.05) is 20.3 Å². The molecule has 0 bridgehead atoms. The predicted octanol–water partition coefficient (Wildman–Crippen LogP) is 2.06. The molecule has 1 aliphatic heterocycles.